The van der Waals surface area contributed by atoms with Crippen LogP contribution in [0.25, 0.3) is 27.6 Å². The third-order valence-corrected chi connectivity index (χ3v) is 8.51. The Kier molecular flexibility index (Phi) is 8.34. The average Bonchev–Trinajstić information content (AvgIpc) is 3.71. The first-order valence-corrected chi connectivity index (χ1v) is 15.1. The summed E-state index contributed by atoms with van der Waals surface area (Å²) in [5.41, 5.74) is 0.104. The van der Waals surface area contributed by atoms with Crippen molar-refractivity contribution in [2.24, 2.45) is 0 Å². The van der Waals surface area contributed by atoms with E-state index in [4.69, 9.17) is 0 Å². The Balaban J connectivity index is 1.40. The molecule has 0 unspecified atom stereocenters. The number of rotatable bonds is 7. The Morgan fingerprint density at radius 1 is 1.02 bits per heavy atom. The number of aryl methyl sites for hydroxylation is 1. The maximum Gasteiger partial charge on any atom is 0.269 e. The SMILES string of the molecule is CN(C)C(=O)c1cc2c(-c3cc(F)c(N4CCCC(F)(F)C4)cc3F)cc(C3=CCCN(C(=O)CCn4cccn4)C3)c(F)c2[nH]1. The van der Waals surface area contributed by atoms with Gasteiger partial charge in [-0.25, -0.2) is 22.0 Å². The van der Waals surface area contributed by atoms with Crippen LogP contribution in [0.2, 0.25) is 0 Å². The molecule has 0 spiro atoms. The van der Waals surface area contributed by atoms with Crippen molar-refractivity contribution in [1.29, 1.82) is 0 Å². The minimum Gasteiger partial charge on any atom is -0.363 e. The Morgan fingerprint density at radius 2 is 1.83 bits per heavy atom. The Morgan fingerprint density at radius 3 is 2.54 bits per heavy atom. The molecule has 0 saturated carbocycles. The molecule has 2 aliphatic rings. The molecular formula is C33H33F5N6O2. The van der Waals surface area contributed by atoms with Crippen LogP contribution in [0.5, 0.6) is 0 Å². The molecule has 46 heavy (non-hydrogen) atoms. The first kappa shape index (κ1) is 31.3. The first-order chi connectivity index (χ1) is 21.9. The van der Waals surface area contributed by atoms with Crippen molar-refractivity contribution in [2.75, 3.05) is 45.2 Å². The largest absolute Gasteiger partial charge is 0.363 e. The fraction of sp³-hybridized carbons (Fsp3) is 0.364. The van der Waals surface area contributed by atoms with Crippen LogP contribution in [0, 0.1) is 17.5 Å². The van der Waals surface area contributed by atoms with Gasteiger partial charge in [-0.3, -0.25) is 14.3 Å². The molecule has 1 N–H and O–H groups in total. The predicted molar refractivity (Wildman–Crippen MR) is 164 cm³/mol. The number of amides is 2. The monoisotopic (exact) mass is 640 g/mol. The van der Waals surface area contributed by atoms with E-state index in [9.17, 15) is 18.4 Å². The van der Waals surface area contributed by atoms with E-state index in [2.05, 4.69) is 10.1 Å². The number of H-pyrrole nitrogens is 1. The molecule has 2 amide bonds. The van der Waals surface area contributed by atoms with Crippen LogP contribution in [-0.4, -0.2) is 82.6 Å². The van der Waals surface area contributed by atoms with Crippen molar-refractivity contribution in [3.63, 3.8) is 0 Å². The number of hydrogen-bond acceptors (Lipinski definition) is 4. The maximum atomic E-state index is 16.3. The van der Waals surface area contributed by atoms with E-state index < -0.39 is 35.8 Å². The lowest BCUT2D eigenvalue weighted by Crippen LogP contribution is -2.43. The van der Waals surface area contributed by atoms with Gasteiger partial charge >= 0.3 is 0 Å². The summed E-state index contributed by atoms with van der Waals surface area (Å²) in [5.74, 6) is -6.13. The van der Waals surface area contributed by atoms with Gasteiger partial charge in [0.2, 0.25) is 5.91 Å². The summed E-state index contributed by atoms with van der Waals surface area (Å²) >= 11 is 0. The normalized spacial score (nSPS) is 16.5. The van der Waals surface area contributed by atoms with Crippen LogP contribution in [0.4, 0.5) is 27.6 Å². The number of aromatic nitrogens is 3. The molecule has 1 fully saturated rings. The van der Waals surface area contributed by atoms with E-state index in [1.165, 1.54) is 31.1 Å². The molecular weight excluding hydrogens is 607 g/mol. The standard InChI is InChI=1S/C33H33F5N6O2/c1-41(2)32(46)27-16-24-22(23-15-26(35)28(17-25(23)34)43-11-4-8-33(37,38)19-43)14-21(30(36)31(24)40-27)20-6-3-10-42(18-20)29(45)7-13-44-12-5-9-39-44/h5-6,9,12,14-17,40H,3-4,7-8,10-11,13,18-19H2,1-2H3. The van der Waals surface area contributed by atoms with Crippen LogP contribution >= 0.6 is 0 Å². The van der Waals surface area contributed by atoms with E-state index in [1.807, 2.05) is 0 Å². The Labute approximate surface area is 262 Å². The molecule has 1 saturated heterocycles. The van der Waals surface area contributed by atoms with Gasteiger partial charge in [0.25, 0.3) is 11.8 Å². The average molecular weight is 641 g/mol. The number of nitrogens with one attached hydrogen (secondary N) is 1. The van der Waals surface area contributed by atoms with Crippen molar-refractivity contribution in [1.82, 2.24) is 24.6 Å². The molecule has 4 aromatic rings. The number of piperidine rings is 1. The van der Waals surface area contributed by atoms with E-state index in [0.717, 1.165) is 17.0 Å². The highest BCUT2D eigenvalue weighted by Gasteiger charge is 2.36. The fourth-order valence-corrected chi connectivity index (χ4v) is 6.18. The highest BCUT2D eigenvalue weighted by Crippen LogP contribution is 2.40. The first-order valence-electron chi connectivity index (χ1n) is 15.1. The van der Waals surface area contributed by atoms with Gasteiger partial charge < -0.3 is 19.7 Å². The molecule has 8 nitrogen and oxygen atoms in total. The van der Waals surface area contributed by atoms with Gasteiger partial charge in [-0.05, 0) is 48.2 Å². The van der Waals surface area contributed by atoms with Gasteiger partial charge in [0.15, 0.2) is 5.82 Å². The van der Waals surface area contributed by atoms with Gasteiger partial charge in [-0.2, -0.15) is 5.10 Å². The second kappa shape index (κ2) is 12.3. The van der Waals surface area contributed by atoms with Crippen LogP contribution in [0.15, 0.2) is 48.8 Å². The van der Waals surface area contributed by atoms with Crippen LogP contribution < -0.4 is 4.90 Å². The zero-order chi connectivity index (χ0) is 32.7. The van der Waals surface area contributed by atoms with Gasteiger partial charge in [-0.15, -0.1) is 0 Å². The third-order valence-electron chi connectivity index (χ3n) is 8.51. The number of carbonyl (C=O) groups is 2. The molecule has 4 heterocycles. The van der Waals surface area contributed by atoms with Crippen molar-refractivity contribution in [2.45, 2.75) is 38.2 Å². The summed E-state index contributed by atoms with van der Waals surface area (Å²) in [6, 6.07) is 6.35. The second-order valence-corrected chi connectivity index (χ2v) is 12.0. The third kappa shape index (κ3) is 6.10. The molecule has 2 aromatic heterocycles. The quantitative estimate of drug-likeness (QED) is 0.248. The molecule has 242 valence electrons. The number of hydrogen-bond donors (Lipinski definition) is 1. The molecule has 2 aromatic carbocycles. The minimum absolute atomic E-state index is 0.0402. The predicted octanol–water partition coefficient (Wildman–Crippen LogP) is 6.09. The lowest BCUT2D eigenvalue weighted by molar-refractivity contribution is -0.131. The number of benzene rings is 2. The Bertz CT molecular complexity index is 1830. The van der Waals surface area contributed by atoms with Crippen molar-refractivity contribution < 1.29 is 31.5 Å². The van der Waals surface area contributed by atoms with Crippen LogP contribution in [0.1, 0.15) is 41.7 Å². The lowest BCUT2D eigenvalue weighted by atomic mass is 9.92. The number of aromatic amines is 1. The Hall–Kier alpha value is -4.68. The zero-order valence-corrected chi connectivity index (χ0v) is 25.4. The smallest absolute Gasteiger partial charge is 0.269 e. The summed E-state index contributed by atoms with van der Waals surface area (Å²) in [7, 11) is 3.05. The minimum atomic E-state index is -3.03. The summed E-state index contributed by atoms with van der Waals surface area (Å²) < 4.78 is 77.6. The highest BCUT2D eigenvalue weighted by atomic mass is 19.3. The van der Waals surface area contributed by atoms with Gasteiger partial charge in [-0.1, -0.05) is 6.08 Å². The molecule has 0 aliphatic carbocycles. The number of anilines is 1. The number of carbonyl (C=O) groups excluding carboxylic acids is 2. The summed E-state index contributed by atoms with van der Waals surface area (Å²) in [5, 5.41) is 4.26. The number of alkyl halides is 2. The number of halogens is 5. The van der Waals surface area contributed by atoms with Gasteiger partial charge in [0, 0.05) is 88.1 Å². The lowest BCUT2D eigenvalue weighted by Gasteiger charge is -2.34. The molecule has 0 bridgehead atoms. The van der Waals surface area contributed by atoms with Crippen molar-refractivity contribution in [3.05, 3.63) is 77.5 Å². The summed E-state index contributed by atoms with van der Waals surface area (Å²) in [4.78, 5) is 32.7. The molecule has 2 aliphatic heterocycles. The number of fused-ring (bicyclic) bond motifs is 1. The molecule has 0 atom stereocenters. The maximum absolute atomic E-state index is 16.3. The van der Waals surface area contributed by atoms with Gasteiger partial charge in [0.05, 0.1) is 17.7 Å². The molecule has 0 radical (unpaired) electrons. The van der Waals surface area contributed by atoms with Gasteiger partial charge in [0.1, 0.15) is 17.3 Å². The van der Waals surface area contributed by atoms with E-state index in [1.54, 1.807) is 34.1 Å². The van der Waals surface area contributed by atoms with E-state index >= 15 is 13.2 Å². The van der Waals surface area contributed by atoms with Crippen molar-refractivity contribution in [3.8, 4) is 11.1 Å². The molecule has 6 rings (SSSR count). The second-order valence-electron chi connectivity index (χ2n) is 12.0. The van der Waals surface area contributed by atoms with E-state index in [-0.39, 0.29) is 77.2 Å². The number of nitrogens with zero attached hydrogens (tertiary/aromatic N) is 5. The zero-order valence-electron chi connectivity index (χ0n) is 25.4. The van der Waals surface area contributed by atoms with Crippen molar-refractivity contribution >= 4 is 34.0 Å². The summed E-state index contributed by atoms with van der Waals surface area (Å²) in [6.45, 7) is 0.316. The van der Waals surface area contributed by atoms with Crippen LogP contribution in [0.3, 0.4) is 0 Å². The topological polar surface area (TPSA) is 77.5 Å². The van der Waals surface area contributed by atoms with E-state index in [0.29, 0.717) is 25.1 Å². The van der Waals surface area contributed by atoms with Crippen LogP contribution in [-0.2, 0) is 11.3 Å². The highest BCUT2D eigenvalue weighted by molar-refractivity contribution is 6.04. The fourth-order valence-electron chi connectivity index (χ4n) is 6.18. The molecule has 13 heteroatoms. The summed E-state index contributed by atoms with van der Waals surface area (Å²) in [6.07, 6.45) is 5.61.